The van der Waals surface area contributed by atoms with Crippen molar-refractivity contribution in [2.45, 2.75) is 31.7 Å². The lowest BCUT2D eigenvalue weighted by Crippen LogP contribution is -2.45. The van der Waals surface area contributed by atoms with Crippen molar-refractivity contribution in [2.75, 3.05) is 17.3 Å². The third-order valence-electron chi connectivity index (χ3n) is 4.94. The number of carbonyl (C=O) groups is 2. The zero-order valence-electron chi connectivity index (χ0n) is 13.9. The van der Waals surface area contributed by atoms with Gasteiger partial charge in [0.25, 0.3) is 0 Å². The van der Waals surface area contributed by atoms with Crippen molar-refractivity contribution in [1.29, 1.82) is 0 Å². The first kappa shape index (κ1) is 16.4. The van der Waals surface area contributed by atoms with Crippen LogP contribution in [0.2, 0.25) is 10.0 Å². The van der Waals surface area contributed by atoms with Crippen LogP contribution in [-0.2, 0) is 15.0 Å². The van der Waals surface area contributed by atoms with Gasteiger partial charge in [0.15, 0.2) is 0 Å². The second-order valence-electron chi connectivity index (χ2n) is 6.69. The highest BCUT2D eigenvalue weighted by Crippen LogP contribution is 2.56. The van der Waals surface area contributed by atoms with Crippen molar-refractivity contribution >= 4 is 46.5 Å². The fraction of sp³-hybridized carbons (Fsp3) is 0.353. The summed E-state index contributed by atoms with van der Waals surface area (Å²) in [5.74, 6) is 0.0642. The maximum atomic E-state index is 13.3. The smallest absolute Gasteiger partial charge is 0.242 e. The molecule has 1 N–H and O–H groups in total. The average molecular weight is 379 g/mol. The predicted molar refractivity (Wildman–Crippen MR) is 96.5 cm³/mol. The van der Waals surface area contributed by atoms with Gasteiger partial charge >= 0.3 is 0 Å². The number of rotatable bonds is 1. The summed E-state index contributed by atoms with van der Waals surface area (Å²) in [5, 5.41) is 8.09. The zero-order chi connectivity index (χ0) is 18.1. The topological polar surface area (TPSA) is 67.2 Å². The van der Waals surface area contributed by atoms with E-state index < -0.39 is 5.41 Å². The van der Waals surface area contributed by atoms with Gasteiger partial charge in [-0.3, -0.25) is 9.59 Å². The molecule has 8 heteroatoms. The van der Waals surface area contributed by atoms with Gasteiger partial charge < -0.3 is 10.2 Å². The van der Waals surface area contributed by atoms with Gasteiger partial charge in [0.2, 0.25) is 11.8 Å². The van der Waals surface area contributed by atoms with Gasteiger partial charge in [-0.1, -0.05) is 23.2 Å². The Hall–Kier alpha value is -2.05. The number of aromatic nitrogens is 2. The van der Waals surface area contributed by atoms with Crippen molar-refractivity contribution in [3.63, 3.8) is 0 Å². The molecule has 0 aliphatic carbocycles. The summed E-state index contributed by atoms with van der Waals surface area (Å²) in [4.78, 5) is 27.3. The Labute approximate surface area is 154 Å². The van der Waals surface area contributed by atoms with Crippen molar-refractivity contribution < 1.29 is 9.59 Å². The third kappa shape index (κ3) is 1.95. The lowest BCUT2D eigenvalue weighted by molar-refractivity contribution is -0.126. The molecule has 1 spiro atoms. The third-order valence-corrected chi connectivity index (χ3v) is 5.56. The van der Waals surface area contributed by atoms with Crippen LogP contribution in [0.25, 0.3) is 0 Å². The van der Waals surface area contributed by atoms with Crippen LogP contribution in [0.4, 0.5) is 11.5 Å². The van der Waals surface area contributed by atoms with Crippen molar-refractivity contribution in [3.8, 4) is 0 Å². The number of nitrogens with one attached hydrogen (secondary N) is 1. The normalized spacial score (nSPS) is 21.8. The van der Waals surface area contributed by atoms with E-state index in [9.17, 15) is 9.59 Å². The molecule has 25 heavy (non-hydrogen) atoms. The Balaban J connectivity index is 2.10. The molecule has 0 fully saturated rings. The molecular formula is C17H16Cl2N4O2. The molecular weight excluding hydrogens is 363 g/mol. The number of halogens is 2. The number of carbonyl (C=O) groups excluding carboxylic acids is 2. The van der Waals surface area contributed by atoms with Gasteiger partial charge in [-0.2, -0.15) is 5.10 Å². The molecule has 0 saturated heterocycles. The number of anilines is 2. The Morgan fingerprint density at radius 3 is 2.60 bits per heavy atom. The molecule has 4 rings (SSSR count). The van der Waals surface area contributed by atoms with E-state index in [-0.39, 0.29) is 24.3 Å². The molecule has 0 bridgehead atoms. The van der Waals surface area contributed by atoms with Crippen LogP contribution in [0.3, 0.4) is 0 Å². The number of fused-ring (bicyclic) bond motifs is 4. The standard InChI is InChI=1S/C17H16Cl2N4O2/c1-8(2)23-15-9(7-20-23)17(6-12(24)21-15)13-10(18)4-5-11(19)14(13)22(3)16(17)25/h4-5,7-8H,6H2,1-3H3,(H,21,24)/t17-/m0/s1. The lowest BCUT2D eigenvalue weighted by atomic mass is 9.71. The predicted octanol–water partition coefficient (Wildman–Crippen LogP) is 3.38. The molecule has 2 amide bonds. The molecule has 1 atom stereocenters. The Kier molecular flexibility index (Phi) is 3.43. The molecule has 0 unspecified atom stereocenters. The second kappa shape index (κ2) is 5.22. The first-order valence-electron chi connectivity index (χ1n) is 7.93. The average Bonchev–Trinajstić information content (AvgIpc) is 3.06. The number of hydrogen-bond donors (Lipinski definition) is 1. The van der Waals surface area contributed by atoms with Gasteiger partial charge in [0.05, 0.1) is 16.9 Å². The molecule has 0 radical (unpaired) electrons. The molecule has 1 aromatic heterocycles. The number of likely N-dealkylation sites (N-methyl/N-ethyl adjacent to an activating group) is 1. The van der Waals surface area contributed by atoms with Crippen LogP contribution >= 0.6 is 23.2 Å². The van der Waals surface area contributed by atoms with Crippen molar-refractivity contribution in [2.24, 2.45) is 0 Å². The highest BCUT2D eigenvalue weighted by Gasteiger charge is 2.58. The van der Waals surface area contributed by atoms with E-state index in [1.807, 2.05) is 13.8 Å². The van der Waals surface area contributed by atoms with E-state index >= 15 is 0 Å². The number of amides is 2. The number of nitrogens with zero attached hydrogens (tertiary/aromatic N) is 3. The molecule has 0 saturated carbocycles. The summed E-state index contributed by atoms with van der Waals surface area (Å²) in [7, 11) is 1.65. The van der Waals surface area contributed by atoms with Crippen molar-refractivity contribution in [1.82, 2.24) is 9.78 Å². The van der Waals surface area contributed by atoms with Gasteiger partial charge in [0.1, 0.15) is 11.2 Å². The van der Waals surface area contributed by atoms with E-state index in [2.05, 4.69) is 10.4 Å². The molecule has 2 aliphatic heterocycles. The maximum Gasteiger partial charge on any atom is 0.242 e. The van der Waals surface area contributed by atoms with Crippen LogP contribution in [0.5, 0.6) is 0 Å². The minimum atomic E-state index is -1.20. The summed E-state index contributed by atoms with van der Waals surface area (Å²) >= 11 is 12.8. The molecule has 3 heterocycles. The molecule has 1 aromatic carbocycles. The van der Waals surface area contributed by atoms with Crippen LogP contribution in [0, 0.1) is 0 Å². The lowest BCUT2D eigenvalue weighted by Gasteiger charge is -2.32. The minimum absolute atomic E-state index is 0.0278. The van der Waals surface area contributed by atoms with E-state index in [0.29, 0.717) is 32.7 Å². The van der Waals surface area contributed by atoms with Gasteiger partial charge in [0, 0.05) is 35.7 Å². The molecule has 130 valence electrons. The van der Waals surface area contributed by atoms with E-state index in [4.69, 9.17) is 23.2 Å². The summed E-state index contributed by atoms with van der Waals surface area (Å²) in [5.41, 5.74) is 0.586. The number of benzene rings is 1. The van der Waals surface area contributed by atoms with Crippen LogP contribution < -0.4 is 10.2 Å². The van der Waals surface area contributed by atoms with Crippen molar-refractivity contribution in [3.05, 3.63) is 39.5 Å². The summed E-state index contributed by atoms with van der Waals surface area (Å²) in [6.07, 6.45) is 1.62. The summed E-state index contributed by atoms with van der Waals surface area (Å²) in [6.45, 7) is 3.92. The first-order valence-corrected chi connectivity index (χ1v) is 8.69. The maximum absolute atomic E-state index is 13.3. The van der Waals surface area contributed by atoms with E-state index in [0.717, 1.165) is 0 Å². The molecule has 6 nitrogen and oxygen atoms in total. The Bertz CT molecular complexity index is 937. The number of hydrogen-bond acceptors (Lipinski definition) is 3. The SMILES string of the molecule is CC(C)n1ncc2c1NC(=O)C[C@]21C(=O)N(C)c2c(Cl)ccc(Cl)c21. The summed E-state index contributed by atoms with van der Waals surface area (Å²) < 4.78 is 1.71. The monoisotopic (exact) mass is 378 g/mol. The summed E-state index contributed by atoms with van der Waals surface area (Å²) in [6, 6.07) is 3.35. The molecule has 2 aliphatic rings. The quantitative estimate of drug-likeness (QED) is 0.826. The van der Waals surface area contributed by atoms with Gasteiger partial charge in [-0.05, 0) is 26.0 Å². The van der Waals surface area contributed by atoms with Crippen LogP contribution in [0.15, 0.2) is 18.3 Å². The zero-order valence-corrected chi connectivity index (χ0v) is 15.4. The van der Waals surface area contributed by atoms with Crippen LogP contribution in [0.1, 0.15) is 37.4 Å². The Morgan fingerprint density at radius 2 is 1.92 bits per heavy atom. The Morgan fingerprint density at radius 1 is 1.24 bits per heavy atom. The van der Waals surface area contributed by atoms with Gasteiger partial charge in [-0.15, -0.1) is 0 Å². The fourth-order valence-corrected chi connectivity index (χ4v) is 4.48. The largest absolute Gasteiger partial charge is 0.313 e. The fourth-order valence-electron chi connectivity index (χ4n) is 3.89. The second-order valence-corrected chi connectivity index (χ2v) is 7.51. The highest BCUT2D eigenvalue weighted by atomic mass is 35.5. The van der Waals surface area contributed by atoms with Gasteiger partial charge in [-0.25, -0.2) is 4.68 Å². The van der Waals surface area contributed by atoms with Crippen LogP contribution in [-0.4, -0.2) is 28.6 Å². The van der Waals surface area contributed by atoms with E-state index in [1.165, 1.54) is 4.90 Å². The minimum Gasteiger partial charge on any atom is -0.313 e. The first-order chi connectivity index (χ1) is 11.8. The highest BCUT2D eigenvalue weighted by molar-refractivity contribution is 6.38. The van der Waals surface area contributed by atoms with E-state index in [1.54, 1.807) is 30.1 Å². The molecule has 2 aromatic rings.